The average molecular weight is 681 g/mol. The number of rotatable bonds is 10. The number of ether oxygens (including phenoxy) is 2. The lowest BCUT2D eigenvalue weighted by Crippen LogP contribution is -2.44. The molecule has 8 heteroatoms. The minimum absolute atomic E-state index is 0.395. The Kier molecular flexibility index (Phi) is 13.4. The fourth-order valence-electron chi connectivity index (χ4n) is 6.76. The first-order chi connectivity index (χ1) is 24.1. The molecule has 0 radical (unpaired) electrons. The Hall–Kier alpha value is -3.88. The van der Waals surface area contributed by atoms with E-state index in [1.165, 1.54) is 44.8 Å². The van der Waals surface area contributed by atoms with E-state index in [0.29, 0.717) is 63.2 Å². The molecule has 2 aliphatic rings. The summed E-state index contributed by atoms with van der Waals surface area (Å²) in [5, 5.41) is 7.66. The van der Waals surface area contributed by atoms with E-state index in [-0.39, 0.29) is 0 Å². The van der Waals surface area contributed by atoms with E-state index in [1.54, 1.807) is 0 Å². The van der Waals surface area contributed by atoms with Crippen LogP contribution in [0.5, 0.6) is 0 Å². The summed E-state index contributed by atoms with van der Waals surface area (Å²) in [5.41, 5.74) is 9.98. The van der Waals surface area contributed by atoms with Crippen LogP contribution in [0.3, 0.4) is 0 Å². The Labute approximate surface area is 301 Å². The quantitative estimate of drug-likeness (QED) is 0.165. The molecule has 0 aliphatic carbocycles. The molecule has 50 heavy (non-hydrogen) atoms. The van der Waals surface area contributed by atoms with Gasteiger partial charge >= 0.3 is 0 Å². The number of hydrogen-bond donors (Lipinski definition) is 2. The number of nitrogens with one attached hydrogen (secondary N) is 2. The van der Waals surface area contributed by atoms with Gasteiger partial charge in [-0.1, -0.05) is 116 Å². The van der Waals surface area contributed by atoms with Crippen LogP contribution in [0.4, 0.5) is 11.4 Å². The van der Waals surface area contributed by atoms with Gasteiger partial charge in [0.2, 0.25) is 0 Å². The lowest BCUT2D eigenvalue weighted by molar-refractivity contribution is 0.0678. The molecular weight excluding hydrogens is 621 g/mol. The van der Waals surface area contributed by atoms with Crippen LogP contribution in [-0.2, 0) is 22.6 Å². The zero-order valence-corrected chi connectivity index (χ0v) is 31.8. The van der Waals surface area contributed by atoms with Gasteiger partial charge in [0, 0.05) is 37.6 Å². The third-order valence-electron chi connectivity index (χ3n) is 9.65. The van der Waals surface area contributed by atoms with Crippen molar-refractivity contribution in [2.24, 2.45) is 9.98 Å². The van der Waals surface area contributed by atoms with Gasteiger partial charge in [0.05, 0.1) is 39.5 Å². The number of anilines is 2. The maximum Gasteiger partial charge on any atom is 0.198 e. The first-order valence-corrected chi connectivity index (χ1v) is 18.7. The molecule has 3 aromatic carbocycles. The Bertz CT molecular complexity index is 1430. The van der Waals surface area contributed by atoms with E-state index in [4.69, 9.17) is 19.5 Å². The van der Waals surface area contributed by atoms with Crippen LogP contribution >= 0.6 is 0 Å². The lowest BCUT2D eigenvalue weighted by atomic mass is 9.92. The highest BCUT2D eigenvalue weighted by atomic mass is 16.5. The van der Waals surface area contributed by atoms with Gasteiger partial charge < -0.3 is 29.9 Å². The SMILES string of the molecule is CC(C)c1cccc(C(C)C)c1NC(=NCc1cccc(CN=C(Nc2c(C(C)C)cccc2C(C)C)N2CCOCC2)c1)N1CCOCC1. The fraction of sp³-hybridized carbons (Fsp3) is 0.524. The maximum absolute atomic E-state index is 5.71. The van der Waals surface area contributed by atoms with Gasteiger partial charge in [0.1, 0.15) is 0 Å². The highest BCUT2D eigenvalue weighted by Gasteiger charge is 2.22. The normalized spacial score (nSPS) is 16.2. The van der Waals surface area contributed by atoms with Crippen molar-refractivity contribution in [3.8, 4) is 0 Å². The van der Waals surface area contributed by atoms with Gasteiger partial charge in [-0.2, -0.15) is 0 Å². The van der Waals surface area contributed by atoms with E-state index < -0.39 is 0 Å². The average Bonchev–Trinajstić information content (AvgIpc) is 3.12. The summed E-state index contributed by atoms with van der Waals surface area (Å²) in [7, 11) is 0. The van der Waals surface area contributed by atoms with Crippen LogP contribution in [0, 0.1) is 0 Å². The van der Waals surface area contributed by atoms with E-state index in [1.807, 2.05) is 0 Å². The zero-order valence-electron chi connectivity index (χ0n) is 31.8. The molecule has 2 aliphatic heterocycles. The number of morpholine rings is 2. The topological polar surface area (TPSA) is 73.7 Å². The summed E-state index contributed by atoms with van der Waals surface area (Å²) in [4.78, 5) is 15.1. The van der Waals surface area contributed by atoms with Gasteiger partial charge in [-0.3, -0.25) is 0 Å². The smallest absolute Gasteiger partial charge is 0.198 e. The van der Waals surface area contributed by atoms with Crippen LogP contribution in [0.15, 0.2) is 70.6 Å². The summed E-state index contributed by atoms with van der Waals surface area (Å²) >= 11 is 0. The summed E-state index contributed by atoms with van der Waals surface area (Å²) in [5.74, 6) is 3.41. The van der Waals surface area contributed by atoms with Crippen LogP contribution < -0.4 is 10.6 Å². The molecular formula is C42H60N6O2. The summed E-state index contributed by atoms with van der Waals surface area (Å²) < 4.78 is 11.4. The van der Waals surface area contributed by atoms with E-state index >= 15 is 0 Å². The molecule has 2 heterocycles. The highest BCUT2D eigenvalue weighted by Crippen LogP contribution is 2.34. The number of para-hydroxylation sites is 2. The molecule has 270 valence electrons. The maximum atomic E-state index is 5.71. The minimum atomic E-state index is 0.395. The molecule has 5 rings (SSSR count). The number of hydrogen-bond acceptors (Lipinski definition) is 4. The molecule has 0 amide bonds. The number of benzene rings is 3. The van der Waals surface area contributed by atoms with Crippen molar-refractivity contribution >= 4 is 23.3 Å². The first-order valence-electron chi connectivity index (χ1n) is 18.7. The molecule has 0 spiro atoms. The number of nitrogens with zero attached hydrogens (tertiary/aromatic N) is 4. The zero-order chi connectivity index (χ0) is 35.6. The molecule has 0 bridgehead atoms. The fourth-order valence-corrected chi connectivity index (χ4v) is 6.76. The van der Waals surface area contributed by atoms with Gasteiger partial charge in [-0.05, 0) is 57.1 Å². The Balaban J connectivity index is 1.42. The van der Waals surface area contributed by atoms with Crippen molar-refractivity contribution < 1.29 is 9.47 Å². The van der Waals surface area contributed by atoms with Gasteiger partial charge in [0.15, 0.2) is 11.9 Å². The van der Waals surface area contributed by atoms with Crippen LogP contribution in [-0.4, -0.2) is 74.3 Å². The number of aliphatic imine (C=N–C) groups is 2. The second-order valence-electron chi connectivity index (χ2n) is 14.8. The second-order valence-corrected chi connectivity index (χ2v) is 14.8. The third kappa shape index (κ3) is 9.67. The third-order valence-corrected chi connectivity index (χ3v) is 9.65. The molecule has 3 aromatic rings. The summed E-state index contributed by atoms with van der Waals surface area (Å²) in [6.07, 6.45) is 0. The molecule has 0 unspecified atom stereocenters. The van der Waals surface area contributed by atoms with Crippen molar-refractivity contribution in [1.29, 1.82) is 0 Å². The minimum Gasteiger partial charge on any atom is -0.378 e. The molecule has 2 fully saturated rings. The molecule has 0 saturated carbocycles. The second kappa shape index (κ2) is 17.9. The summed E-state index contributed by atoms with van der Waals surface area (Å²) in [6.45, 7) is 25.3. The molecule has 2 saturated heterocycles. The van der Waals surface area contributed by atoms with Gasteiger partial charge in [-0.25, -0.2) is 9.98 Å². The number of guanidine groups is 2. The monoisotopic (exact) mass is 680 g/mol. The van der Waals surface area contributed by atoms with E-state index in [2.05, 4.69) is 136 Å². The van der Waals surface area contributed by atoms with Gasteiger partial charge in [0.25, 0.3) is 0 Å². The van der Waals surface area contributed by atoms with Crippen LogP contribution in [0.1, 0.15) is 112 Å². The molecule has 2 N–H and O–H groups in total. The van der Waals surface area contributed by atoms with Crippen molar-refractivity contribution in [2.45, 2.75) is 92.2 Å². The molecule has 0 atom stereocenters. The first kappa shape index (κ1) is 37.4. The van der Waals surface area contributed by atoms with Crippen LogP contribution in [0.2, 0.25) is 0 Å². The Morgan fingerprint density at radius 3 is 1.18 bits per heavy atom. The van der Waals surface area contributed by atoms with Crippen LogP contribution in [0.25, 0.3) is 0 Å². The van der Waals surface area contributed by atoms with E-state index in [9.17, 15) is 0 Å². The van der Waals surface area contributed by atoms with Crippen molar-refractivity contribution in [3.63, 3.8) is 0 Å². The van der Waals surface area contributed by atoms with E-state index in [0.717, 1.165) is 38.1 Å². The Morgan fingerprint density at radius 1 is 0.540 bits per heavy atom. The highest BCUT2D eigenvalue weighted by molar-refractivity contribution is 5.96. The Morgan fingerprint density at radius 2 is 0.860 bits per heavy atom. The van der Waals surface area contributed by atoms with Crippen molar-refractivity contribution in [2.75, 3.05) is 63.2 Å². The predicted molar refractivity (Wildman–Crippen MR) is 210 cm³/mol. The summed E-state index contributed by atoms with van der Waals surface area (Å²) in [6, 6.07) is 22.1. The lowest BCUT2D eigenvalue weighted by Gasteiger charge is -2.32. The van der Waals surface area contributed by atoms with Crippen molar-refractivity contribution in [3.05, 3.63) is 94.0 Å². The molecule has 8 nitrogen and oxygen atoms in total. The molecule has 0 aromatic heterocycles. The predicted octanol–water partition coefficient (Wildman–Crippen LogP) is 8.78. The van der Waals surface area contributed by atoms with Gasteiger partial charge in [-0.15, -0.1) is 0 Å². The standard InChI is InChI=1S/C42H60N6O2/c1-29(2)35-14-10-15-36(30(3)4)39(35)45-41(47-18-22-49-23-19-47)43-27-33-12-9-13-34(26-33)28-44-42(48-20-24-50-25-21-48)46-40-37(31(5)6)16-11-17-38(40)32(7)8/h9-17,26,29-32H,18-25,27-28H2,1-8H3,(H,43,45)(H,44,46). The van der Waals surface area contributed by atoms with Crippen molar-refractivity contribution in [1.82, 2.24) is 9.80 Å². The largest absolute Gasteiger partial charge is 0.378 e.